The van der Waals surface area contributed by atoms with E-state index in [4.69, 9.17) is 15.0 Å². The van der Waals surface area contributed by atoms with Gasteiger partial charge in [0, 0.05) is 12.1 Å². The minimum Gasteiger partial charge on any atom is -0.423 e. The number of fused-ring (bicyclic) bond motifs is 1. The van der Waals surface area contributed by atoms with Crippen LogP contribution in [0.1, 0.15) is 21.5 Å². The normalized spacial score (nSPS) is 10.6. The highest BCUT2D eigenvalue weighted by atomic mass is 16.5. The van der Waals surface area contributed by atoms with Gasteiger partial charge in [0.25, 0.3) is 0 Å². The van der Waals surface area contributed by atoms with Gasteiger partial charge in [0.05, 0.1) is 28.2 Å². The number of esters is 1. The van der Waals surface area contributed by atoms with E-state index < -0.39 is 5.97 Å². The summed E-state index contributed by atoms with van der Waals surface area (Å²) in [7, 11) is 0. The number of benzene rings is 4. The number of carbonyl (C=O) groups excluding carboxylic acids is 1. The predicted octanol–water partition coefficient (Wildman–Crippen LogP) is 5.84. The third-order valence-electron chi connectivity index (χ3n) is 5.39. The van der Waals surface area contributed by atoms with Crippen LogP contribution in [0.15, 0.2) is 103 Å². The van der Waals surface area contributed by atoms with E-state index >= 15 is 0 Å². The van der Waals surface area contributed by atoms with Crippen LogP contribution < -0.4 is 4.74 Å². The molecule has 5 aromatic rings. The molecule has 5 nitrogen and oxygen atoms in total. The van der Waals surface area contributed by atoms with E-state index in [2.05, 4.69) is 22.8 Å². The molecule has 0 saturated heterocycles. The van der Waals surface area contributed by atoms with Gasteiger partial charge in [0.2, 0.25) is 0 Å². The standard InChI is InChI=1S/C28H19N3O2/c29-18-21-9-6-10-23(17-21)28(32)33-24-15-13-22(14-16-24)27-30-25-11-4-5-12-26(25)31(27)19-20-7-2-1-3-8-20/h1-17H,19H2. The van der Waals surface area contributed by atoms with Crippen molar-refractivity contribution in [3.05, 3.63) is 120 Å². The number of rotatable bonds is 5. The molecule has 0 saturated carbocycles. The summed E-state index contributed by atoms with van der Waals surface area (Å²) in [4.78, 5) is 17.3. The molecule has 0 amide bonds. The van der Waals surface area contributed by atoms with Gasteiger partial charge >= 0.3 is 5.97 Å². The maximum absolute atomic E-state index is 12.5. The number of hydrogen-bond donors (Lipinski definition) is 0. The van der Waals surface area contributed by atoms with Crippen molar-refractivity contribution in [2.75, 3.05) is 0 Å². The lowest BCUT2D eigenvalue weighted by Gasteiger charge is -2.10. The summed E-state index contributed by atoms with van der Waals surface area (Å²) in [5.41, 5.74) is 4.85. The monoisotopic (exact) mass is 429 g/mol. The summed E-state index contributed by atoms with van der Waals surface area (Å²) in [6, 6.07) is 34.1. The van der Waals surface area contributed by atoms with Crippen LogP contribution in [0.3, 0.4) is 0 Å². The Kier molecular flexibility index (Phi) is 5.40. The largest absolute Gasteiger partial charge is 0.423 e. The van der Waals surface area contributed by atoms with Gasteiger partial charge in [-0.15, -0.1) is 0 Å². The average Bonchev–Trinajstić information content (AvgIpc) is 3.23. The first-order valence-corrected chi connectivity index (χ1v) is 10.5. The number of hydrogen-bond acceptors (Lipinski definition) is 4. The maximum Gasteiger partial charge on any atom is 0.343 e. The fourth-order valence-electron chi connectivity index (χ4n) is 3.78. The minimum atomic E-state index is -0.504. The molecule has 0 aliphatic rings. The van der Waals surface area contributed by atoms with Crippen molar-refractivity contribution in [2.24, 2.45) is 0 Å². The van der Waals surface area contributed by atoms with E-state index in [-0.39, 0.29) is 0 Å². The molecule has 0 N–H and O–H groups in total. The molecule has 1 aromatic heterocycles. The molecule has 0 aliphatic carbocycles. The van der Waals surface area contributed by atoms with Gasteiger partial charge in [-0.3, -0.25) is 0 Å². The average molecular weight is 429 g/mol. The molecule has 0 radical (unpaired) electrons. The highest BCUT2D eigenvalue weighted by Crippen LogP contribution is 2.27. The molecule has 0 fully saturated rings. The third kappa shape index (κ3) is 4.23. The fourth-order valence-corrected chi connectivity index (χ4v) is 3.78. The van der Waals surface area contributed by atoms with E-state index in [1.165, 1.54) is 11.6 Å². The van der Waals surface area contributed by atoms with Gasteiger partial charge in [-0.2, -0.15) is 5.26 Å². The van der Waals surface area contributed by atoms with Crippen molar-refractivity contribution >= 4 is 17.0 Å². The first kappa shape index (κ1) is 20.2. The molecule has 158 valence electrons. The molecule has 5 rings (SSSR count). The van der Waals surface area contributed by atoms with Gasteiger partial charge in [0.1, 0.15) is 11.6 Å². The van der Waals surface area contributed by atoms with E-state index in [0.29, 0.717) is 23.4 Å². The molecule has 33 heavy (non-hydrogen) atoms. The Morgan fingerprint density at radius 2 is 1.64 bits per heavy atom. The van der Waals surface area contributed by atoms with Crippen LogP contribution in [-0.4, -0.2) is 15.5 Å². The molecule has 5 heteroatoms. The maximum atomic E-state index is 12.5. The molecule has 0 aliphatic heterocycles. The van der Waals surface area contributed by atoms with Gasteiger partial charge in [-0.25, -0.2) is 9.78 Å². The van der Waals surface area contributed by atoms with Crippen LogP contribution in [0.2, 0.25) is 0 Å². The van der Waals surface area contributed by atoms with Gasteiger partial charge in [0.15, 0.2) is 0 Å². The summed E-state index contributed by atoms with van der Waals surface area (Å²) in [5, 5.41) is 9.03. The number of para-hydroxylation sites is 2. The van der Waals surface area contributed by atoms with Crippen molar-refractivity contribution in [3.63, 3.8) is 0 Å². The first-order chi connectivity index (χ1) is 16.2. The highest BCUT2D eigenvalue weighted by molar-refractivity contribution is 5.91. The molecule has 0 unspecified atom stereocenters. The highest BCUT2D eigenvalue weighted by Gasteiger charge is 2.14. The van der Waals surface area contributed by atoms with E-state index in [0.717, 1.165) is 22.4 Å². The van der Waals surface area contributed by atoms with Crippen molar-refractivity contribution in [1.29, 1.82) is 5.26 Å². The van der Waals surface area contributed by atoms with Crippen molar-refractivity contribution < 1.29 is 9.53 Å². The predicted molar refractivity (Wildman–Crippen MR) is 127 cm³/mol. The van der Waals surface area contributed by atoms with Crippen LogP contribution in [0.4, 0.5) is 0 Å². The van der Waals surface area contributed by atoms with Crippen molar-refractivity contribution in [2.45, 2.75) is 6.54 Å². The van der Waals surface area contributed by atoms with Crippen LogP contribution >= 0.6 is 0 Å². The lowest BCUT2D eigenvalue weighted by atomic mass is 10.1. The number of aromatic nitrogens is 2. The van der Waals surface area contributed by atoms with Gasteiger partial charge in [-0.1, -0.05) is 48.5 Å². The Labute approximate surface area is 191 Å². The SMILES string of the molecule is N#Cc1cccc(C(=O)Oc2ccc(-c3nc4ccccc4n3Cc3ccccc3)cc2)c1. The molecular formula is C28H19N3O2. The van der Waals surface area contributed by atoms with Crippen LogP contribution in [0.5, 0.6) is 5.75 Å². The zero-order valence-corrected chi connectivity index (χ0v) is 17.7. The Balaban J connectivity index is 1.44. The number of ether oxygens (including phenoxy) is 1. The Morgan fingerprint density at radius 1 is 0.879 bits per heavy atom. The number of imidazole rings is 1. The molecule has 4 aromatic carbocycles. The second kappa shape index (κ2) is 8.81. The summed E-state index contributed by atoms with van der Waals surface area (Å²) in [6.07, 6.45) is 0. The van der Waals surface area contributed by atoms with Crippen molar-refractivity contribution in [3.8, 4) is 23.2 Å². The summed E-state index contributed by atoms with van der Waals surface area (Å²) < 4.78 is 7.69. The summed E-state index contributed by atoms with van der Waals surface area (Å²) in [6.45, 7) is 0.697. The zero-order valence-electron chi connectivity index (χ0n) is 17.7. The first-order valence-electron chi connectivity index (χ1n) is 10.5. The number of nitriles is 1. The van der Waals surface area contributed by atoms with Gasteiger partial charge < -0.3 is 9.30 Å². The Hall–Kier alpha value is -4.69. The lowest BCUT2D eigenvalue weighted by Crippen LogP contribution is -2.08. The fraction of sp³-hybridized carbons (Fsp3) is 0.0357. The topological polar surface area (TPSA) is 67.9 Å². The smallest absolute Gasteiger partial charge is 0.343 e. The van der Waals surface area contributed by atoms with Gasteiger partial charge in [-0.05, 0) is 60.2 Å². The van der Waals surface area contributed by atoms with Crippen LogP contribution in [0.25, 0.3) is 22.4 Å². The summed E-state index contributed by atoms with van der Waals surface area (Å²) in [5.74, 6) is 0.771. The van der Waals surface area contributed by atoms with E-state index in [1.807, 2.05) is 54.6 Å². The lowest BCUT2D eigenvalue weighted by molar-refractivity contribution is 0.0734. The molecule has 0 atom stereocenters. The van der Waals surface area contributed by atoms with E-state index in [9.17, 15) is 4.79 Å². The molecule has 1 heterocycles. The molecule has 0 spiro atoms. The molecular weight excluding hydrogens is 410 g/mol. The number of carbonyl (C=O) groups is 1. The zero-order chi connectivity index (χ0) is 22.6. The van der Waals surface area contributed by atoms with Crippen LogP contribution in [0, 0.1) is 11.3 Å². The second-order valence-corrected chi connectivity index (χ2v) is 7.60. The number of nitrogens with zero attached hydrogens (tertiary/aromatic N) is 3. The molecule has 0 bridgehead atoms. The summed E-state index contributed by atoms with van der Waals surface area (Å²) >= 11 is 0. The minimum absolute atomic E-state index is 0.336. The Bertz CT molecular complexity index is 1480. The Morgan fingerprint density at radius 3 is 2.42 bits per heavy atom. The van der Waals surface area contributed by atoms with E-state index in [1.54, 1.807) is 30.3 Å². The quantitative estimate of drug-likeness (QED) is 0.260. The van der Waals surface area contributed by atoms with Crippen molar-refractivity contribution in [1.82, 2.24) is 9.55 Å². The third-order valence-corrected chi connectivity index (χ3v) is 5.39. The second-order valence-electron chi connectivity index (χ2n) is 7.60. The van der Waals surface area contributed by atoms with Crippen LogP contribution in [-0.2, 0) is 6.54 Å².